The zero-order valence-corrected chi connectivity index (χ0v) is 22.2. The molecule has 1 aliphatic rings. The van der Waals surface area contributed by atoms with Crippen molar-refractivity contribution in [2.24, 2.45) is 0 Å². The predicted molar refractivity (Wildman–Crippen MR) is 142 cm³/mol. The molecule has 0 aromatic rings. The molecule has 0 radical (unpaired) electrons. The van der Waals surface area contributed by atoms with E-state index in [4.69, 9.17) is 9.47 Å². The lowest BCUT2D eigenvalue weighted by molar-refractivity contribution is -0.145. The first-order valence-corrected chi connectivity index (χ1v) is 14.3. The number of rotatable bonds is 2. The summed E-state index contributed by atoms with van der Waals surface area (Å²) in [4.78, 5) is 22.9. The second-order valence-electron chi connectivity index (χ2n) is 9.96. The molecule has 2 unspecified atom stereocenters. The van der Waals surface area contributed by atoms with E-state index in [2.05, 4.69) is 24.3 Å². The van der Waals surface area contributed by atoms with Crippen molar-refractivity contribution in [3.63, 3.8) is 0 Å². The maximum atomic E-state index is 11.4. The predicted octanol–water partition coefficient (Wildman–Crippen LogP) is 8.78. The molecular weight excluding hydrogens is 424 g/mol. The molecular formula is C30H52O4. The van der Waals surface area contributed by atoms with E-state index in [0.717, 1.165) is 38.5 Å². The molecule has 34 heavy (non-hydrogen) atoms. The fourth-order valence-corrected chi connectivity index (χ4v) is 4.65. The minimum Gasteiger partial charge on any atom is -0.458 e. The van der Waals surface area contributed by atoms with E-state index in [-0.39, 0.29) is 24.1 Å². The Morgan fingerprint density at radius 2 is 0.794 bits per heavy atom. The molecule has 196 valence electrons. The highest BCUT2D eigenvalue weighted by molar-refractivity contribution is 5.66. The van der Waals surface area contributed by atoms with Crippen LogP contribution in [0.1, 0.15) is 142 Å². The summed E-state index contributed by atoms with van der Waals surface area (Å²) in [5.74, 6) is -0.360. The van der Waals surface area contributed by atoms with Crippen LogP contribution >= 0.6 is 0 Å². The van der Waals surface area contributed by atoms with Gasteiger partial charge in [0, 0.05) is 13.8 Å². The number of hydrogen-bond donors (Lipinski definition) is 0. The highest BCUT2D eigenvalue weighted by Crippen LogP contribution is 2.16. The number of esters is 2. The minimum atomic E-state index is -0.180. The third-order valence-corrected chi connectivity index (χ3v) is 6.56. The molecule has 4 nitrogen and oxygen atoms in total. The van der Waals surface area contributed by atoms with Gasteiger partial charge in [-0.3, -0.25) is 9.59 Å². The van der Waals surface area contributed by atoms with Gasteiger partial charge < -0.3 is 9.47 Å². The average Bonchev–Trinajstić information content (AvgIpc) is 2.78. The van der Waals surface area contributed by atoms with Crippen LogP contribution in [-0.4, -0.2) is 24.1 Å². The van der Waals surface area contributed by atoms with Gasteiger partial charge >= 0.3 is 11.9 Å². The lowest BCUT2D eigenvalue weighted by atomic mass is 10.0. The lowest BCUT2D eigenvalue weighted by Gasteiger charge is -2.13. The number of hydrogen-bond acceptors (Lipinski definition) is 4. The van der Waals surface area contributed by atoms with Gasteiger partial charge in [-0.15, -0.1) is 0 Å². The van der Waals surface area contributed by atoms with Crippen molar-refractivity contribution < 1.29 is 19.1 Å². The van der Waals surface area contributed by atoms with Crippen molar-refractivity contribution in [2.75, 3.05) is 0 Å². The fraction of sp³-hybridized carbons (Fsp3) is 0.800. The van der Waals surface area contributed by atoms with Crippen molar-refractivity contribution >= 4 is 11.9 Å². The highest BCUT2D eigenvalue weighted by atomic mass is 16.5. The first-order valence-electron chi connectivity index (χ1n) is 14.3. The van der Waals surface area contributed by atoms with Crippen LogP contribution in [0.2, 0.25) is 0 Å². The van der Waals surface area contributed by atoms with Crippen LogP contribution in [0.5, 0.6) is 0 Å². The Hall–Kier alpha value is -1.58. The van der Waals surface area contributed by atoms with Crippen molar-refractivity contribution in [3.05, 3.63) is 24.3 Å². The van der Waals surface area contributed by atoms with Gasteiger partial charge in [0.2, 0.25) is 0 Å². The van der Waals surface area contributed by atoms with Crippen molar-refractivity contribution in [3.8, 4) is 0 Å². The van der Waals surface area contributed by atoms with Gasteiger partial charge in [0.1, 0.15) is 12.2 Å². The molecule has 0 amide bonds. The van der Waals surface area contributed by atoms with Gasteiger partial charge in [-0.1, -0.05) is 89.2 Å². The van der Waals surface area contributed by atoms with Crippen LogP contribution in [0.25, 0.3) is 0 Å². The third kappa shape index (κ3) is 19.9. The zero-order valence-electron chi connectivity index (χ0n) is 22.2. The summed E-state index contributed by atoms with van der Waals surface area (Å²) in [5.41, 5.74) is 0. The molecule has 0 spiro atoms. The van der Waals surface area contributed by atoms with E-state index in [1.165, 1.54) is 104 Å². The maximum absolute atomic E-state index is 11.4. The number of ether oxygens (including phenoxy) is 2. The van der Waals surface area contributed by atoms with Gasteiger partial charge in [0.15, 0.2) is 0 Å². The van der Waals surface area contributed by atoms with E-state index in [9.17, 15) is 9.59 Å². The molecule has 0 heterocycles. The van der Waals surface area contributed by atoms with Gasteiger partial charge in [0.25, 0.3) is 0 Å². The second kappa shape index (κ2) is 21.9. The number of carbonyl (C=O) groups excluding carboxylic acids is 2. The van der Waals surface area contributed by atoms with Crippen molar-refractivity contribution in [1.82, 2.24) is 0 Å². The standard InChI is InChI=1S/C30H52O4/c1-27(31)33-29-23-19-15-11-7-5-3-4-6-8-12-16-20-24-30(34-28(2)32)26-22-18-14-10-9-13-17-21-25-29/h19-20,23-24,29-30H,3-18,21-22,25-26H2,1-2H3/b23-19+,24-20+. The molecule has 0 aliphatic heterocycles. The molecule has 4 heteroatoms. The molecule has 2 atom stereocenters. The highest BCUT2D eigenvalue weighted by Gasteiger charge is 2.09. The largest absolute Gasteiger partial charge is 0.458 e. The minimum absolute atomic E-state index is 0.0599. The Labute approximate surface area is 209 Å². The SMILES string of the molecule is CC(=O)OC1/C=C/CCCCCCCCCC/C=C/C(OC(C)=O)CCCCCCCCCC1. The topological polar surface area (TPSA) is 52.6 Å². The number of carbonyl (C=O) groups is 2. The van der Waals surface area contributed by atoms with E-state index in [0.29, 0.717) is 0 Å². The summed E-state index contributed by atoms with van der Waals surface area (Å²) in [5, 5.41) is 0. The van der Waals surface area contributed by atoms with Gasteiger partial charge in [-0.25, -0.2) is 0 Å². The summed E-state index contributed by atoms with van der Waals surface area (Å²) in [6, 6.07) is 0. The van der Waals surface area contributed by atoms with Crippen LogP contribution in [0, 0.1) is 0 Å². The monoisotopic (exact) mass is 476 g/mol. The molecule has 0 aromatic carbocycles. The van der Waals surface area contributed by atoms with Crippen LogP contribution in [0.4, 0.5) is 0 Å². The number of allylic oxidation sites excluding steroid dienone is 2. The van der Waals surface area contributed by atoms with E-state index in [1.54, 1.807) is 0 Å². The van der Waals surface area contributed by atoms with Crippen LogP contribution in [0.15, 0.2) is 24.3 Å². The van der Waals surface area contributed by atoms with Gasteiger partial charge in [-0.2, -0.15) is 0 Å². The smallest absolute Gasteiger partial charge is 0.303 e. The molecule has 1 aliphatic carbocycles. The summed E-state index contributed by atoms with van der Waals surface area (Å²) < 4.78 is 11.0. The van der Waals surface area contributed by atoms with Crippen molar-refractivity contribution in [1.29, 1.82) is 0 Å². The Morgan fingerprint density at radius 3 is 1.12 bits per heavy atom. The zero-order chi connectivity index (χ0) is 24.7. The molecule has 0 saturated carbocycles. The molecule has 1 rings (SSSR count). The van der Waals surface area contributed by atoms with E-state index in [1.807, 2.05) is 0 Å². The molecule has 0 saturated heterocycles. The maximum Gasteiger partial charge on any atom is 0.303 e. The van der Waals surface area contributed by atoms with Crippen molar-refractivity contribution in [2.45, 2.75) is 154 Å². The third-order valence-electron chi connectivity index (χ3n) is 6.56. The Kier molecular flexibility index (Phi) is 19.6. The first-order chi connectivity index (χ1) is 16.6. The summed E-state index contributed by atoms with van der Waals surface area (Å²) in [6.07, 6.45) is 32.5. The summed E-state index contributed by atoms with van der Waals surface area (Å²) in [6.45, 7) is 3.02. The van der Waals surface area contributed by atoms with E-state index >= 15 is 0 Å². The lowest BCUT2D eigenvalue weighted by Crippen LogP contribution is -2.13. The molecule has 0 fully saturated rings. The first kappa shape index (κ1) is 30.5. The molecule has 0 bridgehead atoms. The summed E-state index contributed by atoms with van der Waals surface area (Å²) >= 11 is 0. The Bertz CT molecular complexity index is 516. The summed E-state index contributed by atoms with van der Waals surface area (Å²) in [7, 11) is 0. The van der Waals surface area contributed by atoms with Gasteiger partial charge in [0.05, 0.1) is 0 Å². The van der Waals surface area contributed by atoms with E-state index < -0.39 is 0 Å². The quantitative estimate of drug-likeness (QED) is 0.295. The molecule has 0 aromatic heterocycles. The van der Waals surface area contributed by atoms with Gasteiger partial charge in [-0.05, 0) is 63.5 Å². The normalized spacial score (nSPS) is 26.1. The second-order valence-corrected chi connectivity index (χ2v) is 9.96. The van der Waals surface area contributed by atoms with Crippen LogP contribution in [0.3, 0.4) is 0 Å². The average molecular weight is 477 g/mol. The fourth-order valence-electron chi connectivity index (χ4n) is 4.65. The Morgan fingerprint density at radius 1 is 0.500 bits per heavy atom. The van der Waals surface area contributed by atoms with Crippen LogP contribution in [-0.2, 0) is 19.1 Å². The molecule has 0 N–H and O–H groups in total. The Balaban J connectivity index is 2.43. The van der Waals surface area contributed by atoms with Crippen LogP contribution < -0.4 is 0 Å².